The molecule has 3 rings (SSSR count). The van der Waals surface area contributed by atoms with Crippen LogP contribution in [0.5, 0.6) is 0 Å². The van der Waals surface area contributed by atoms with E-state index in [0.717, 1.165) is 19.3 Å². The van der Waals surface area contributed by atoms with Crippen molar-refractivity contribution in [2.24, 2.45) is 5.41 Å². The maximum Gasteiger partial charge on any atom is 0.246 e. The fraction of sp³-hybridized carbons (Fsp3) is 0.526. The molecule has 1 aliphatic carbocycles. The van der Waals surface area contributed by atoms with E-state index in [-0.39, 0.29) is 24.4 Å². The van der Waals surface area contributed by atoms with Crippen LogP contribution < -0.4 is 4.90 Å². The number of nitriles is 1. The van der Waals surface area contributed by atoms with E-state index in [4.69, 9.17) is 4.74 Å². The number of hydrogen-bond acceptors (Lipinski definition) is 4. The average Bonchev–Trinajstić information content (AvgIpc) is 2.59. The Morgan fingerprint density at radius 3 is 2.72 bits per heavy atom. The van der Waals surface area contributed by atoms with Gasteiger partial charge in [-0.2, -0.15) is 5.26 Å². The molecule has 2 fully saturated rings. The van der Waals surface area contributed by atoms with E-state index in [0.29, 0.717) is 24.4 Å². The van der Waals surface area contributed by atoms with Crippen molar-refractivity contribution in [3.8, 4) is 6.07 Å². The first-order valence-corrected chi connectivity index (χ1v) is 8.62. The predicted octanol–water partition coefficient (Wildman–Crippen LogP) is 1.94. The average molecular weight is 341 g/mol. The molecule has 0 N–H and O–H groups in total. The van der Waals surface area contributed by atoms with Gasteiger partial charge in [0.05, 0.1) is 23.3 Å². The molecule has 1 aromatic carbocycles. The lowest BCUT2D eigenvalue weighted by Gasteiger charge is -2.47. The van der Waals surface area contributed by atoms with Crippen molar-refractivity contribution < 1.29 is 14.3 Å². The van der Waals surface area contributed by atoms with E-state index in [9.17, 15) is 14.9 Å². The van der Waals surface area contributed by atoms with Crippen molar-refractivity contribution in [1.82, 2.24) is 4.90 Å². The first-order valence-electron chi connectivity index (χ1n) is 8.62. The third-order valence-electron chi connectivity index (χ3n) is 5.35. The van der Waals surface area contributed by atoms with Gasteiger partial charge in [-0.1, -0.05) is 18.6 Å². The van der Waals surface area contributed by atoms with Crippen molar-refractivity contribution in [2.75, 3.05) is 31.7 Å². The number of carbonyl (C=O) groups is 2. The van der Waals surface area contributed by atoms with Gasteiger partial charge in [-0.15, -0.1) is 0 Å². The highest BCUT2D eigenvalue weighted by atomic mass is 16.5. The van der Waals surface area contributed by atoms with Crippen LogP contribution in [0.4, 0.5) is 5.69 Å². The summed E-state index contributed by atoms with van der Waals surface area (Å²) in [6.07, 6.45) is 2.66. The van der Waals surface area contributed by atoms with E-state index >= 15 is 0 Å². The van der Waals surface area contributed by atoms with Crippen LogP contribution in [0.3, 0.4) is 0 Å². The molecule has 25 heavy (non-hydrogen) atoms. The van der Waals surface area contributed by atoms with Gasteiger partial charge in [0.2, 0.25) is 11.8 Å². The van der Waals surface area contributed by atoms with Crippen LogP contribution >= 0.6 is 0 Å². The Hall–Kier alpha value is -2.39. The van der Waals surface area contributed by atoms with Crippen molar-refractivity contribution in [3.05, 3.63) is 29.8 Å². The van der Waals surface area contributed by atoms with Crippen LogP contribution in [0.1, 0.15) is 31.7 Å². The van der Waals surface area contributed by atoms with Gasteiger partial charge < -0.3 is 14.5 Å². The molecule has 0 spiro atoms. The minimum Gasteiger partial charge on any atom is -0.384 e. The molecule has 1 aromatic rings. The van der Waals surface area contributed by atoms with E-state index in [1.807, 2.05) is 13.0 Å². The molecular formula is C19H23N3O3. The maximum atomic E-state index is 13.0. The number of rotatable bonds is 4. The van der Waals surface area contributed by atoms with E-state index in [1.165, 1.54) is 0 Å². The second kappa shape index (κ2) is 6.85. The van der Waals surface area contributed by atoms with Gasteiger partial charge in [0.15, 0.2) is 0 Å². The summed E-state index contributed by atoms with van der Waals surface area (Å²) in [5, 5.41) is 9.28. The monoisotopic (exact) mass is 341 g/mol. The van der Waals surface area contributed by atoms with Crippen molar-refractivity contribution >= 4 is 17.5 Å². The van der Waals surface area contributed by atoms with Gasteiger partial charge in [0, 0.05) is 19.7 Å². The molecule has 1 atom stereocenters. The van der Waals surface area contributed by atoms with E-state index < -0.39 is 5.41 Å². The summed E-state index contributed by atoms with van der Waals surface area (Å²) >= 11 is 0. The Bertz CT molecular complexity index is 721. The number of nitrogens with zero attached hydrogens (tertiary/aromatic N) is 3. The zero-order chi connectivity index (χ0) is 18.0. The number of anilines is 1. The molecule has 132 valence electrons. The summed E-state index contributed by atoms with van der Waals surface area (Å²) in [7, 11) is 1.61. The topological polar surface area (TPSA) is 73.6 Å². The van der Waals surface area contributed by atoms with Crippen molar-refractivity contribution in [3.63, 3.8) is 0 Å². The maximum absolute atomic E-state index is 13.0. The predicted molar refractivity (Wildman–Crippen MR) is 92.8 cm³/mol. The Morgan fingerprint density at radius 2 is 2.12 bits per heavy atom. The van der Waals surface area contributed by atoms with Gasteiger partial charge in [-0.3, -0.25) is 9.59 Å². The molecule has 0 aromatic heterocycles. The number of piperazine rings is 1. The minimum absolute atomic E-state index is 0.0228. The molecule has 1 saturated heterocycles. The highest BCUT2D eigenvalue weighted by Crippen LogP contribution is 2.43. The van der Waals surface area contributed by atoms with Gasteiger partial charge in [0.1, 0.15) is 12.6 Å². The highest BCUT2D eigenvalue weighted by Gasteiger charge is 2.49. The Morgan fingerprint density at radius 1 is 1.40 bits per heavy atom. The summed E-state index contributed by atoms with van der Waals surface area (Å²) < 4.78 is 5.26. The fourth-order valence-electron chi connectivity index (χ4n) is 3.76. The van der Waals surface area contributed by atoms with Crippen LogP contribution in [-0.4, -0.2) is 49.6 Å². The van der Waals surface area contributed by atoms with Crippen LogP contribution in [0, 0.1) is 16.7 Å². The molecule has 1 aliphatic heterocycles. The molecule has 6 heteroatoms. The van der Waals surface area contributed by atoms with Crippen LogP contribution in [0.25, 0.3) is 0 Å². The van der Waals surface area contributed by atoms with E-state index in [2.05, 4.69) is 6.07 Å². The molecule has 1 saturated carbocycles. The number of carbonyl (C=O) groups excluding carboxylic acids is 2. The highest BCUT2D eigenvalue weighted by molar-refractivity contribution is 6.00. The molecule has 2 aliphatic rings. The lowest BCUT2D eigenvalue weighted by molar-refractivity contribution is -0.157. The Kier molecular flexibility index (Phi) is 4.78. The van der Waals surface area contributed by atoms with Gasteiger partial charge in [0.25, 0.3) is 0 Å². The number of benzene rings is 1. The number of para-hydroxylation sites is 1. The molecular weight excluding hydrogens is 318 g/mol. The molecule has 0 bridgehead atoms. The third-order valence-corrected chi connectivity index (χ3v) is 5.35. The zero-order valence-electron chi connectivity index (χ0n) is 14.7. The molecule has 2 amide bonds. The normalized spacial score (nSPS) is 22.3. The summed E-state index contributed by atoms with van der Waals surface area (Å²) in [5.41, 5.74) is 0.623. The molecule has 6 nitrogen and oxygen atoms in total. The second-order valence-corrected chi connectivity index (χ2v) is 6.98. The fourth-order valence-corrected chi connectivity index (χ4v) is 3.76. The second-order valence-electron chi connectivity index (χ2n) is 6.98. The third kappa shape index (κ3) is 3.00. The molecule has 0 radical (unpaired) electrons. The largest absolute Gasteiger partial charge is 0.384 e. The summed E-state index contributed by atoms with van der Waals surface area (Å²) in [6.45, 7) is 2.80. The first-order chi connectivity index (χ1) is 12.0. The van der Waals surface area contributed by atoms with Crippen molar-refractivity contribution in [1.29, 1.82) is 5.26 Å². The standard InChI is InChI=1S/C19H23N3O3/c1-14-11-22(16-7-4-3-6-15(16)10-20)17(23)12-21(14)18(24)19(13-25-2)8-5-9-19/h3-4,6-7,14H,5,8-9,11-13H2,1-2H3. The molecule has 1 unspecified atom stereocenters. The summed E-state index contributed by atoms with van der Waals surface area (Å²) in [4.78, 5) is 29.1. The van der Waals surface area contributed by atoms with E-state index in [1.54, 1.807) is 35.1 Å². The lowest BCUT2D eigenvalue weighted by Crippen LogP contribution is -2.61. The Labute approximate surface area is 148 Å². The van der Waals surface area contributed by atoms with Crippen LogP contribution in [0.2, 0.25) is 0 Å². The smallest absolute Gasteiger partial charge is 0.246 e. The van der Waals surface area contributed by atoms with Gasteiger partial charge in [-0.25, -0.2) is 0 Å². The molecule has 1 heterocycles. The lowest BCUT2D eigenvalue weighted by atomic mass is 9.68. The number of amides is 2. The Balaban J connectivity index is 1.80. The number of methoxy groups -OCH3 is 1. The van der Waals surface area contributed by atoms with Crippen LogP contribution in [-0.2, 0) is 14.3 Å². The van der Waals surface area contributed by atoms with Gasteiger partial charge in [-0.05, 0) is 31.9 Å². The first kappa shape index (κ1) is 17.4. The quantitative estimate of drug-likeness (QED) is 0.839. The van der Waals surface area contributed by atoms with Gasteiger partial charge >= 0.3 is 0 Å². The number of ether oxygens (including phenoxy) is 1. The SMILES string of the molecule is COCC1(C(=O)N2CC(=O)N(c3ccccc3C#N)CC2C)CCC1. The van der Waals surface area contributed by atoms with Crippen LogP contribution in [0.15, 0.2) is 24.3 Å². The van der Waals surface area contributed by atoms with Crippen molar-refractivity contribution in [2.45, 2.75) is 32.2 Å². The summed E-state index contributed by atoms with van der Waals surface area (Å²) in [5.74, 6) is -0.129. The minimum atomic E-state index is -0.462. The zero-order valence-corrected chi connectivity index (χ0v) is 14.7. The number of hydrogen-bond donors (Lipinski definition) is 0. The summed E-state index contributed by atoms with van der Waals surface area (Å²) in [6, 6.07) is 9.09.